The molecule has 140 valence electrons. The van der Waals surface area contributed by atoms with Crippen LogP contribution in [0.15, 0.2) is 11.0 Å². The predicted molar refractivity (Wildman–Crippen MR) is 95.7 cm³/mol. The number of carbonyl (C=O) groups excluding carboxylic acids is 1. The standard InChI is InChI=1S/C18H30N4O3/c1-20(2)17(13-23)22-10-6-15(7-11-22)18-19-24-14-16(25-18)12-21-8-4-3-5-9-21/h15-16H,3-12,14H2,1-2H3. The molecule has 0 bridgehead atoms. The van der Waals surface area contributed by atoms with Crippen molar-refractivity contribution in [3.63, 3.8) is 0 Å². The van der Waals surface area contributed by atoms with E-state index in [1.165, 1.54) is 19.3 Å². The van der Waals surface area contributed by atoms with E-state index in [4.69, 9.17) is 9.57 Å². The summed E-state index contributed by atoms with van der Waals surface area (Å²) in [6, 6.07) is 0. The minimum atomic E-state index is 0.0795. The number of hydrogen-bond acceptors (Lipinski definition) is 7. The zero-order valence-electron chi connectivity index (χ0n) is 15.4. The molecule has 7 nitrogen and oxygen atoms in total. The number of ether oxygens (including phenoxy) is 1. The van der Waals surface area contributed by atoms with E-state index in [0.717, 1.165) is 51.5 Å². The SMILES string of the molecule is CN(C)C(=C=O)N1CCC(C2=NOCC(CN3CCCCC3)O2)CC1. The van der Waals surface area contributed by atoms with Crippen LogP contribution >= 0.6 is 0 Å². The van der Waals surface area contributed by atoms with Gasteiger partial charge in [0.15, 0.2) is 18.4 Å². The number of rotatable bonds is 5. The van der Waals surface area contributed by atoms with Crippen LogP contribution in [0.25, 0.3) is 0 Å². The molecule has 0 radical (unpaired) electrons. The lowest BCUT2D eigenvalue weighted by molar-refractivity contribution is -0.0174. The van der Waals surface area contributed by atoms with Crippen LogP contribution in [0.2, 0.25) is 0 Å². The van der Waals surface area contributed by atoms with E-state index in [9.17, 15) is 4.79 Å². The number of likely N-dealkylation sites (tertiary alicyclic amines) is 2. The first-order valence-corrected chi connectivity index (χ1v) is 9.43. The molecule has 3 rings (SSSR count). The van der Waals surface area contributed by atoms with Gasteiger partial charge in [0.1, 0.15) is 6.10 Å². The first-order chi connectivity index (χ1) is 12.2. The van der Waals surface area contributed by atoms with Crippen LogP contribution in [0.5, 0.6) is 0 Å². The van der Waals surface area contributed by atoms with Crippen LogP contribution in [0.1, 0.15) is 32.1 Å². The topological polar surface area (TPSA) is 57.6 Å². The lowest BCUT2D eigenvalue weighted by Gasteiger charge is -2.37. The molecule has 0 aromatic heterocycles. The second kappa shape index (κ2) is 8.59. The van der Waals surface area contributed by atoms with Gasteiger partial charge in [0.2, 0.25) is 5.90 Å². The third-order valence-electron chi connectivity index (χ3n) is 5.27. The number of hydrogen-bond donors (Lipinski definition) is 0. The fourth-order valence-electron chi connectivity index (χ4n) is 3.88. The smallest absolute Gasteiger partial charge is 0.229 e. The maximum Gasteiger partial charge on any atom is 0.229 e. The predicted octanol–water partition coefficient (Wildman–Crippen LogP) is 1.15. The molecule has 2 fully saturated rings. The Labute approximate surface area is 150 Å². The van der Waals surface area contributed by atoms with Gasteiger partial charge >= 0.3 is 0 Å². The molecule has 1 atom stereocenters. The highest BCUT2D eigenvalue weighted by Gasteiger charge is 2.31. The van der Waals surface area contributed by atoms with Crippen molar-refractivity contribution in [1.29, 1.82) is 0 Å². The molecule has 25 heavy (non-hydrogen) atoms. The monoisotopic (exact) mass is 350 g/mol. The van der Waals surface area contributed by atoms with Crippen molar-refractivity contribution < 1.29 is 14.4 Å². The molecule has 1 unspecified atom stereocenters. The summed E-state index contributed by atoms with van der Waals surface area (Å²) in [6.07, 6.45) is 5.82. The molecule has 2 saturated heterocycles. The second-order valence-corrected chi connectivity index (χ2v) is 7.41. The Morgan fingerprint density at radius 3 is 2.56 bits per heavy atom. The Hall–Kier alpha value is -1.72. The maximum atomic E-state index is 11.1. The molecule has 3 heterocycles. The Morgan fingerprint density at radius 2 is 1.92 bits per heavy atom. The normalized spacial score (nSPS) is 25.4. The van der Waals surface area contributed by atoms with E-state index in [1.807, 2.05) is 24.9 Å². The quantitative estimate of drug-likeness (QED) is 0.693. The average molecular weight is 350 g/mol. The highest BCUT2D eigenvalue weighted by Crippen LogP contribution is 2.24. The van der Waals surface area contributed by atoms with Gasteiger partial charge in [-0.25, -0.2) is 4.79 Å². The largest absolute Gasteiger partial charge is 0.470 e. The Bertz CT molecular complexity index is 516. The third-order valence-corrected chi connectivity index (χ3v) is 5.27. The summed E-state index contributed by atoms with van der Waals surface area (Å²) in [7, 11) is 3.75. The van der Waals surface area contributed by atoms with E-state index in [2.05, 4.69) is 15.0 Å². The van der Waals surface area contributed by atoms with Crippen LogP contribution in [-0.4, -0.2) is 86.1 Å². The molecule has 0 amide bonds. The van der Waals surface area contributed by atoms with Crippen molar-refractivity contribution in [3.05, 3.63) is 5.82 Å². The van der Waals surface area contributed by atoms with Crippen LogP contribution in [0.3, 0.4) is 0 Å². The highest BCUT2D eigenvalue weighted by atomic mass is 16.7. The number of nitrogens with zero attached hydrogens (tertiary/aromatic N) is 4. The first kappa shape index (κ1) is 18.1. The Kier molecular flexibility index (Phi) is 6.21. The van der Waals surface area contributed by atoms with E-state index in [1.54, 1.807) is 0 Å². The zero-order valence-corrected chi connectivity index (χ0v) is 15.4. The molecule has 0 aliphatic carbocycles. The average Bonchev–Trinajstić information content (AvgIpc) is 2.64. The summed E-state index contributed by atoms with van der Waals surface area (Å²) < 4.78 is 6.17. The third kappa shape index (κ3) is 4.67. The number of oxime groups is 1. The molecule has 0 aromatic carbocycles. The van der Waals surface area contributed by atoms with Crippen LogP contribution in [0, 0.1) is 5.92 Å². The van der Waals surface area contributed by atoms with Gasteiger partial charge in [-0.2, -0.15) is 0 Å². The van der Waals surface area contributed by atoms with E-state index in [0.29, 0.717) is 12.4 Å². The maximum absolute atomic E-state index is 11.1. The van der Waals surface area contributed by atoms with Gasteiger partial charge in [-0.05, 0) is 38.8 Å². The van der Waals surface area contributed by atoms with E-state index in [-0.39, 0.29) is 12.0 Å². The highest BCUT2D eigenvalue weighted by molar-refractivity contribution is 5.79. The van der Waals surface area contributed by atoms with Crippen molar-refractivity contribution >= 4 is 11.8 Å². The Morgan fingerprint density at radius 1 is 1.20 bits per heavy atom. The molecule has 0 spiro atoms. The summed E-state index contributed by atoms with van der Waals surface area (Å²) in [5.74, 6) is 3.68. The molecule has 0 saturated carbocycles. The van der Waals surface area contributed by atoms with Gasteiger partial charge in [0.25, 0.3) is 0 Å². The number of piperidine rings is 2. The van der Waals surface area contributed by atoms with Crippen LogP contribution in [0.4, 0.5) is 0 Å². The van der Waals surface area contributed by atoms with Crippen molar-refractivity contribution in [3.8, 4) is 0 Å². The second-order valence-electron chi connectivity index (χ2n) is 7.41. The summed E-state index contributed by atoms with van der Waals surface area (Å²) in [4.78, 5) is 23.0. The molecular weight excluding hydrogens is 320 g/mol. The van der Waals surface area contributed by atoms with Gasteiger partial charge in [-0.3, -0.25) is 4.90 Å². The molecular formula is C18H30N4O3. The van der Waals surface area contributed by atoms with Crippen molar-refractivity contribution in [1.82, 2.24) is 14.7 Å². The fraction of sp³-hybridized carbons (Fsp3) is 0.833. The van der Waals surface area contributed by atoms with E-state index < -0.39 is 0 Å². The van der Waals surface area contributed by atoms with Gasteiger partial charge < -0.3 is 19.4 Å². The van der Waals surface area contributed by atoms with Crippen LogP contribution < -0.4 is 0 Å². The lowest BCUT2D eigenvalue weighted by atomic mass is 9.96. The zero-order chi connectivity index (χ0) is 17.6. The van der Waals surface area contributed by atoms with Gasteiger partial charge in [-0.1, -0.05) is 11.6 Å². The lowest BCUT2D eigenvalue weighted by Crippen LogP contribution is -2.45. The Balaban J connectivity index is 1.49. The van der Waals surface area contributed by atoms with Gasteiger partial charge in [-0.15, -0.1) is 0 Å². The van der Waals surface area contributed by atoms with Crippen molar-refractivity contribution in [2.45, 2.75) is 38.2 Å². The van der Waals surface area contributed by atoms with E-state index >= 15 is 0 Å². The molecule has 3 aliphatic rings. The minimum absolute atomic E-state index is 0.0795. The molecule has 3 aliphatic heterocycles. The first-order valence-electron chi connectivity index (χ1n) is 9.43. The molecule has 0 N–H and O–H groups in total. The van der Waals surface area contributed by atoms with Gasteiger partial charge in [0, 0.05) is 39.6 Å². The summed E-state index contributed by atoms with van der Waals surface area (Å²) in [5.41, 5.74) is 0. The summed E-state index contributed by atoms with van der Waals surface area (Å²) in [5, 5.41) is 4.18. The molecule has 7 heteroatoms. The van der Waals surface area contributed by atoms with Crippen LogP contribution in [-0.2, 0) is 14.4 Å². The van der Waals surface area contributed by atoms with Crippen molar-refractivity contribution in [2.24, 2.45) is 11.1 Å². The summed E-state index contributed by atoms with van der Waals surface area (Å²) >= 11 is 0. The van der Waals surface area contributed by atoms with Crippen molar-refractivity contribution in [2.75, 3.05) is 53.4 Å². The molecule has 0 aromatic rings. The fourth-order valence-corrected chi connectivity index (χ4v) is 3.88. The summed E-state index contributed by atoms with van der Waals surface area (Å²) in [6.45, 7) is 5.42. The minimum Gasteiger partial charge on any atom is -0.470 e. The van der Waals surface area contributed by atoms with Gasteiger partial charge in [0.05, 0.1) is 0 Å².